The number of alkyl halides is 3. The van der Waals surface area contributed by atoms with Gasteiger partial charge in [0.05, 0.1) is 5.69 Å². The van der Waals surface area contributed by atoms with E-state index in [4.69, 9.17) is 0 Å². The number of hydrogen-bond donors (Lipinski definition) is 1. The smallest absolute Gasteiger partial charge is 0.268 e. The molecule has 0 aliphatic rings. The Bertz CT molecular complexity index is 818. The number of halogens is 3. The third-order valence-electron chi connectivity index (χ3n) is 2.82. The summed E-state index contributed by atoms with van der Waals surface area (Å²) >= 11 is 0. The Morgan fingerprint density at radius 1 is 1.10 bits per heavy atom. The molecule has 1 aromatic carbocycles. The molecule has 3 aromatic rings. The van der Waals surface area contributed by atoms with Crippen molar-refractivity contribution in [2.45, 2.75) is 6.18 Å². The second-order valence-electron chi connectivity index (χ2n) is 4.20. The van der Waals surface area contributed by atoms with Gasteiger partial charge in [-0.2, -0.15) is 13.2 Å². The molecule has 0 spiro atoms. The fraction of sp³-hybridized carbons (Fsp3) is 0.0769. The summed E-state index contributed by atoms with van der Waals surface area (Å²) in [5.41, 5.74) is -0.952. The van der Waals surface area contributed by atoms with E-state index in [1.807, 2.05) is 0 Å². The van der Waals surface area contributed by atoms with Crippen molar-refractivity contribution in [2.24, 2.45) is 0 Å². The van der Waals surface area contributed by atoms with Gasteiger partial charge in [0.25, 0.3) is 5.56 Å². The molecule has 0 saturated carbocycles. The van der Waals surface area contributed by atoms with Crippen molar-refractivity contribution in [3.05, 3.63) is 58.5 Å². The van der Waals surface area contributed by atoms with Crippen LogP contribution in [0.5, 0.6) is 0 Å². The first-order chi connectivity index (χ1) is 9.45. The van der Waals surface area contributed by atoms with E-state index in [0.29, 0.717) is 10.1 Å². The van der Waals surface area contributed by atoms with Gasteiger partial charge in [-0.3, -0.25) is 9.89 Å². The first-order valence-electron chi connectivity index (χ1n) is 5.70. The Morgan fingerprint density at radius 3 is 2.45 bits per heavy atom. The molecule has 0 aliphatic carbocycles. The lowest BCUT2D eigenvalue weighted by Crippen LogP contribution is -2.14. The highest BCUT2D eigenvalue weighted by Gasteiger charge is 2.35. The van der Waals surface area contributed by atoms with Crippen molar-refractivity contribution < 1.29 is 13.2 Å². The molecular formula is C13H8F3N3O. The van der Waals surface area contributed by atoms with Crippen molar-refractivity contribution in [3.63, 3.8) is 0 Å². The lowest BCUT2D eigenvalue weighted by molar-refractivity contribution is -0.142. The molecule has 0 bridgehead atoms. The number of rotatable bonds is 1. The maximum absolute atomic E-state index is 13.1. The van der Waals surface area contributed by atoms with Gasteiger partial charge in [-0.25, -0.2) is 9.50 Å². The quantitative estimate of drug-likeness (QED) is 0.744. The van der Waals surface area contributed by atoms with Crippen molar-refractivity contribution in [2.75, 3.05) is 0 Å². The van der Waals surface area contributed by atoms with E-state index in [9.17, 15) is 18.0 Å². The topological polar surface area (TPSA) is 50.2 Å². The number of nitrogens with zero attached hydrogens (tertiary/aromatic N) is 2. The van der Waals surface area contributed by atoms with Crippen LogP contribution in [0.4, 0.5) is 13.2 Å². The van der Waals surface area contributed by atoms with Gasteiger partial charge in [0.2, 0.25) is 0 Å². The van der Waals surface area contributed by atoms with Gasteiger partial charge in [-0.1, -0.05) is 30.3 Å². The van der Waals surface area contributed by atoms with Crippen LogP contribution in [0.3, 0.4) is 0 Å². The predicted molar refractivity (Wildman–Crippen MR) is 66.3 cm³/mol. The Balaban J connectivity index is 2.34. The lowest BCUT2D eigenvalue weighted by atomic mass is 10.1. The molecule has 2 heterocycles. The molecule has 4 nitrogen and oxygen atoms in total. The summed E-state index contributed by atoms with van der Waals surface area (Å²) in [5.74, 6) is 0. The molecule has 0 fully saturated rings. The maximum Gasteiger partial charge on any atom is 0.433 e. The molecule has 0 saturated heterocycles. The van der Waals surface area contributed by atoms with Crippen molar-refractivity contribution in [3.8, 4) is 11.3 Å². The first kappa shape index (κ1) is 12.5. The van der Waals surface area contributed by atoms with Crippen molar-refractivity contribution in [1.82, 2.24) is 14.6 Å². The van der Waals surface area contributed by atoms with Gasteiger partial charge < -0.3 is 0 Å². The van der Waals surface area contributed by atoms with Gasteiger partial charge in [0, 0.05) is 11.6 Å². The molecule has 0 amide bonds. The average Bonchev–Trinajstić information content (AvgIpc) is 2.77. The number of aromatic nitrogens is 3. The molecule has 7 heteroatoms. The molecule has 1 N–H and O–H groups in total. The Labute approximate surface area is 110 Å². The monoisotopic (exact) mass is 279 g/mol. The van der Waals surface area contributed by atoms with Crippen molar-refractivity contribution in [1.29, 1.82) is 0 Å². The molecule has 0 radical (unpaired) electrons. The SMILES string of the molecule is O=c1cc2nc(-c3ccccc3)cc(C(F)(F)F)n2[nH]1. The third kappa shape index (κ3) is 2.07. The molecule has 0 unspecified atom stereocenters. The second-order valence-corrected chi connectivity index (χ2v) is 4.20. The number of nitrogens with one attached hydrogen (secondary N) is 1. The predicted octanol–water partition coefficient (Wildman–Crippen LogP) is 2.71. The van der Waals surface area contributed by atoms with E-state index >= 15 is 0 Å². The Kier molecular flexibility index (Phi) is 2.63. The van der Waals surface area contributed by atoms with Gasteiger partial charge in [0.1, 0.15) is 5.69 Å². The fourth-order valence-corrected chi connectivity index (χ4v) is 1.96. The number of aromatic amines is 1. The van der Waals surface area contributed by atoms with Crippen LogP contribution in [-0.4, -0.2) is 14.6 Å². The number of H-pyrrole nitrogens is 1. The van der Waals surface area contributed by atoms with Crippen LogP contribution in [-0.2, 0) is 6.18 Å². The largest absolute Gasteiger partial charge is 0.433 e. The Morgan fingerprint density at radius 2 is 1.80 bits per heavy atom. The zero-order valence-corrected chi connectivity index (χ0v) is 9.98. The van der Waals surface area contributed by atoms with E-state index < -0.39 is 17.4 Å². The van der Waals surface area contributed by atoms with Gasteiger partial charge in [-0.15, -0.1) is 0 Å². The van der Waals surface area contributed by atoms with Crippen LogP contribution < -0.4 is 5.56 Å². The zero-order valence-electron chi connectivity index (χ0n) is 9.98. The Hall–Kier alpha value is -2.57. The van der Waals surface area contributed by atoms with E-state index in [0.717, 1.165) is 12.1 Å². The number of hydrogen-bond acceptors (Lipinski definition) is 2. The molecule has 102 valence electrons. The van der Waals surface area contributed by atoms with Gasteiger partial charge in [0.15, 0.2) is 5.65 Å². The van der Waals surface area contributed by atoms with Gasteiger partial charge in [-0.05, 0) is 6.07 Å². The summed E-state index contributed by atoms with van der Waals surface area (Å²) < 4.78 is 39.8. The summed E-state index contributed by atoms with van der Waals surface area (Å²) in [5, 5.41) is 2.09. The number of benzene rings is 1. The maximum atomic E-state index is 13.1. The minimum absolute atomic E-state index is 0.0660. The molecule has 20 heavy (non-hydrogen) atoms. The van der Waals surface area contributed by atoms with Crippen LogP contribution in [0.15, 0.2) is 47.3 Å². The van der Waals surface area contributed by atoms with E-state index in [1.165, 1.54) is 0 Å². The average molecular weight is 279 g/mol. The van der Waals surface area contributed by atoms with E-state index in [-0.39, 0.29) is 11.3 Å². The minimum Gasteiger partial charge on any atom is -0.268 e. The standard InChI is InChI=1S/C13H8F3N3O/c14-13(15,16)10-6-9(8-4-2-1-3-5-8)17-11-7-12(20)18-19(10)11/h1-7H,(H,18,20). The molecular weight excluding hydrogens is 271 g/mol. The lowest BCUT2D eigenvalue weighted by Gasteiger charge is -2.11. The first-order valence-corrected chi connectivity index (χ1v) is 5.70. The van der Waals surface area contributed by atoms with Crippen LogP contribution in [0, 0.1) is 0 Å². The highest BCUT2D eigenvalue weighted by Crippen LogP contribution is 2.31. The summed E-state index contributed by atoms with van der Waals surface area (Å²) in [6, 6.07) is 10.4. The summed E-state index contributed by atoms with van der Waals surface area (Å²) in [4.78, 5) is 15.3. The van der Waals surface area contributed by atoms with Gasteiger partial charge >= 0.3 is 6.18 Å². The fourth-order valence-electron chi connectivity index (χ4n) is 1.96. The van der Waals surface area contributed by atoms with Crippen LogP contribution in [0.1, 0.15) is 5.69 Å². The minimum atomic E-state index is -4.59. The molecule has 3 rings (SSSR count). The second kappa shape index (κ2) is 4.22. The van der Waals surface area contributed by atoms with Crippen LogP contribution in [0.2, 0.25) is 0 Å². The summed E-state index contributed by atoms with van der Waals surface area (Å²) in [7, 11) is 0. The molecule has 0 aliphatic heterocycles. The van der Waals surface area contributed by atoms with Crippen molar-refractivity contribution >= 4 is 5.65 Å². The van der Waals surface area contributed by atoms with Crippen LogP contribution in [0.25, 0.3) is 16.9 Å². The molecule has 0 atom stereocenters. The summed E-state index contributed by atoms with van der Waals surface area (Å²) in [6.45, 7) is 0. The normalized spacial score (nSPS) is 11.9. The highest BCUT2D eigenvalue weighted by molar-refractivity contribution is 5.62. The zero-order chi connectivity index (χ0) is 14.3. The highest BCUT2D eigenvalue weighted by atomic mass is 19.4. The number of fused-ring (bicyclic) bond motifs is 1. The molecule has 2 aromatic heterocycles. The van der Waals surface area contributed by atoms with Crippen LogP contribution >= 0.6 is 0 Å². The van der Waals surface area contributed by atoms with E-state index in [1.54, 1.807) is 30.3 Å². The summed E-state index contributed by atoms with van der Waals surface area (Å²) in [6.07, 6.45) is -4.59. The third-order valence-corrected chi connectivity index (χ3v) is 2.82. The van der Waals surface area contributed by atoms with E-state index in [2.05, 4.69) is 10.1 Å².